The molecular weight excluding hydrogens is 284 g/mol. The van der Waals surface area contributed by atoms with Gasteiger partial charge < -0.3 is 18.9 Å². The summed E-state index contributed by atoms with van der Waals surface area (Å²) in [7, 11) is 1.58. The fraction of sp³-hybridized carbons (Fsp3) is 0.588. The lowest BCUT2D eigenvalue weighted by Crippen LogP contribution is -2.25. The van der Waals surface area contributed by atoms with Gasteiger partial charge in [-0.05, 0) is 31.4 Å². The summed E-state index contributed by atoms with van der Waals surface area (Å²) in [6, 6.07) is 7.33. The molecule has 0 spiro atoms. The molecule has 0 aliphatic rings. The molecule has 0 amide bonds. The highest BCUT2D eigenvalue weighted by molar-refractivity contribution is 5.74. The minimum Gasteiger partial charge on any atom is -0.493 e. The molecule has 0 aliphatic carbocycles. The topological polar surface area (TPSA) is 54.0 Å². The zero-order valence-electron chi connectivity index (χ0n) is 13.8. The van der Waals surface area contributed by atoms with Gasteiger partial charge in [-0.25, -0.2) is 4.79 Å². The molecule has 0 aliphatic heterocycles. The molecule has 0 radical (unpaired) electrons. The maximum absolute atomic E-state index is 11.7. The van der Waals surface area contributed by atoms with E-state index < -0.39 is 6.10 Å². The fourth-order valence-electron chi connectivity index (χ4n) is 1.70. The number of carbonyl (C=O) groups is 1. The van der Waals surface area contributed by atoms with Gasteiger partial charge in [-0.1, -0.05) is 26.0 Å². The number of carbonyl (C=O) groups excluding carboxylic acids is 1. The Morgan fingerprint density at radius 3 is 2.36 bits per heavy atom. The molecule has 0 aromatic heterocycles. The van der Waals surface area contributed by atoms with Gasteiger partial charge in [0.05, 0.1) is 7.11 Å². The monoisotopic (exact) mass is 310 g/mol. The molecule has 1 aromatic rings. The Morgan fingerprint density at radius 1 is 1.05 bits per heavy atom. The summed E-state index contributed by atoms with van der Waals surface area (Å²) >= 11 is 0. The van der Waals surface area contributed by atoms with Crippen molar-refractivity contribution >= 4 is 5.97 Å². The minimum atomic E-state index is -0.551. The third kappa shape index (κ3) is 6.80. The van der Waals surface area contributed by atoms with Gasteiger partial charge in [0.15, 0.2) is 17.6 Å². The minimum absolute atomic E-state index is 0.175. The number of rotatable bonds is 10. The molecule has 1 unspecified atom stereocenters. The molecule has 5 heteroatoms. The lowest BCUT2D eigenvalue weighted by molar-refractivity contribution is -0.156. The second kappa shape index (κ2) is 10.1. The van der Waals surface area contributed by atoms with Gasteiger partial charge >= 0.3 is 5.97 Å². The number of hydrogen-bond acceptors (Lipinski definition) is 5. The number of esters is 1. The molecule has 0 saturated carbocycles. The van der Waals surface area contributed by atoms with Crippen LogP contribution in [0.2, 0.25) is 0 Å². The molecule has 5 nitrogen and oxygen atoms in total. The highest BCUT2D eigenvalue weighted by Crippen LogP contribution is 2.25. The van der Waals surface area contributed by atoms with Crippen LogP contribution in [0.15, 0.2) is 24.3 Å². The van der Waals surface area contributed by atoms with Gasteiger partial charge in [-0.3, -0.25) is 0 Å². The second-order valence-corrected chi connectivity index (χ2v) is 5.36. The van der Waals surface area contributed by atoms with E-state index in [1.807, 2.05) is 18.2 Å². The van der Waals surface area contributed by atoms with Crippen LogP contribution in [0.3, 0.4) is 0 Å². The third-order valence-corrected chi connectivity index (χ3v) is 3.05. The molecule has 0 saturated heterocycles. The number of methoxy groups -OCH3 is 1. The summed E-state index contributed by atoms with van der Waals surface area (Å²) in [6.45, 7) is 6.93. The molecule has 0 bridgehead atoms. The molecule has 124 valence electrons. The predicted octanol–water partition coefficient (Wildman–Crippen LogP) is 3.07. The van der Waals surface area contributed by atoms with Crippen molar-refractivity contribution in [1.82, 2.24) is 0 Å². The van der Waals surface area contributed by atoms with Crippen LogP contribution in [-0.4, -0.2) is 39.0 Å². The first kappa shape index (κ1) is 18.3. The quantitative estimate of drug-likeness (QED) is 0.491. The van der Waals surface area contributed by atoms with Gasteiger partial charge in [-0.2, -0.15) is 0 Å². The Bertz CT molecular complexity index is 444. The first-order valence-corrected chi connectivity index (χ1v) is 7.58. The first-order valence-electron chi connectivity index (χ1n) is 7.58. The Balaban J connectivity index is 2.22. The van der Waals surface area contributed by atoms with E-state index in [4.69, 9.17) is 18.9 Å². The van der Waals surface area contributed by atoms with Gasteiger partial charge in [0.1, 0.15) is 13.2 Å². The van der Waals surface area contributed by atoms with Gasteiger partial charge in [0.25, 0.3) is 0 Å². The summed E-state index contributed by atoms with van der Waals surface area (Å²) in [5.41, 5.74) is 0. The highest BCUT2D eigenvalue weighted by Gasteiger charge is 2.15. The number of ether oxygens (including phenoxy) is 4. The molecule has 0 fully saturated rings. The van der Waals surface area contributed by atoms with E-state index in [1.165, 1.54) is 0 Å². The molecule has 0 heterocycles. The maximum Gasteiger partial charge on any atom is 0.335 e. The Labute approximate surface area is 132 Å². The van der Waals surface area contributed by atoms with Crippen LogP contribution in [0.4, 0.5) is 0 Å². The summed E-state index contributed by atoms with van der Waals surface area (Å²) < 4.78 is 21.3. The Morgan fingerprint density at radius 2 is 1.73 bits per heavy atom. The van der Waals surface area contributed by atoms with Crippen molar-refractivity contribution in [3.8, 4) is 11.5 Å². The fourth-order valence-corrected chi connectivity index (χ4v) is 1.70. The number of benzene rings is 1. The summed E-state index contributed by atoms with van der Waals surface area (Å²) in [5.74, 6) is 1.46. The molecule has 1 rings (SSSR count). The average molecular weight is 310 g/mol. The number of para-hydroxylation sites is 2. The van der Waals surface area contributed by atoms with Crippen molar-refractivity contribution in [2.75, 3.05) is 26.9 Å². The summed E-state index contributed by atoms with van der Waals surface area (Å²) in [5, 5.41) is 0. The van der Waals surface area contributed by atoms with Crippen molar-refractivity contribution in [3.05, 3.63) is 24.3 Å². The maximum atomic E-state index is 11.7. The van der Waals surface area contributed by atoms with Crippen molar-refractivity contribution in [1.29, 1.82) is 0 Å². The van der Waals surface area contributed by atoms with Crippen LogP contribution in [0.25, 0.3) is 0 Å². The van der Waals surface area contributed by atoms with Crippen molar-refractivity contribution < 1.29 is 23.7 Å². The second-order valence-electron chi connectivity index (χ2n) is 5.36. The van der Waals surface area contributed by atoms with Crippen LogP contribution in [0, 0.1) is 5.92 Å². The first-order chi connectivity index (χ1) is 10.5. The smallest absolute Gasteiger partial charge is 0.335 e. The molecule has 1 aromatic carbocycles. The van der Waals surface area contributed by atoms with Gasteiger partial charge in [-0.15, -0.1) is 0 Å². The zero-order chi connectivity index (χ0) is 16.4. The lowest BCUT2D eigenvalue weighted by Gasteiger charge is -2.14. The van der Waals surface area contributed by atoms with E-state index in [0.717, 1.165) is 6.42 Å². The number of hydrogen-bond donors (Lipinski definition) is 0. The molecular formula is C17H26O5. The normalized spacial score (nSPS) is 12.0. The standard InChI is InChI=1S/C17H26O5/c1-13(2)9-10-20-14(3)17(18)22-12-11-21-16-8-6-5-7-15(16)19-4/h5-8,13-14H,9-12H2,1-4H3. The SMILES string of the molecule is COc1ccccc1OCCOC(=O)C(C)OCCC(C)C. The van der Waals surface area contributed by atoms with Crippen molar-refractivity contribution in [2.45, 2.75) is 33.3 Å². The largest absolute Gasteiger partial charge is 0.493 e. The Hall–Kier alpha value is -1.75. The van der Waals surface area contributed by atoms with E-state index in [0.29, 0.717) is 24.0 Å². The van der Waals surface area contributed by atoms with Crippen LogP contribution in [0.5, 0.6) is 11.5 Å². The highest BCUT2D eigenvalue weighted by atomic mass is 16.6. The molecule has 1 atom stereocenters. The summed E-state index contributed by atoms with van der Waals surface area (Å²) in [6.07, 6.45) is 0.374. The van der Waals surface area contributed by atoms with Crippen LogP contribution >= 0.6 is 0 Å². The summed E-state index contributed by atoms with van der Waals surface area (Å²) in [4.78, 5) is 11.7. The van der Waals surface area contributed by atoms with Gasteiger partial charge in [0, 0.05) is 6.61 Å². The average Bonchev–Trinajstić information content (AvgIpc) is 2.51. The van der Waals surface area contributed by atoms with Crippen molar-refractivity contribution in [2.24, 2.45) is 5.92 Å². The lowest BCUT2D eigenvalue weighted by atomic mass is 10.1. The molecule has 0 N–H and O–H groups in total. The predicted molar refractivity (Wildman–Crippen MR) is 84.3 cm³/mol. The van der Waals surface area contributed by atoms with E-state index in [-0.39, 0.29) is 19.2 Å². The van der Waals surface area contributed by atoms with Crippen molar-refractivity contribution in [3.63, 3.8) is 0 Å². The van der Waals surface area contributed by atoms with Crippen LogP contribution in [0.1, 0.15) is 27.2 Å². The van der Waals surface area contributed by atoms with E-state index >= 15 is 0 Å². The molecule has 22 heavy (non-hydrogen) atoms. The Kier molecular flexibility index (Phi) is 8.36. The van der Waals surface area contributed by atoms with E-state index in [1.54, 1.807) is 20.1 Å². The van der Waals surface area contributed by atoms with E-state index in [2.05, 4.69) is 13.8 Å². The zero-order valence-corrected chi connectivity index (χ0v) is 13.8. The van der Waals surface area contributed by atoms with Gasteiger partial charge in [0.2, 0.25) is 0 Å². The van der Waals surface area contributed by atoms with E-state index in [9.17, 15) is 4.79 Å². The van der Waals surface area contributed by atoms with Crippen LogP contribution in [-0.2, 0) is 14.3 Å². The van der Waals surface area contributed by atoms with Crippen LogP contribution < -0.4 is 9.47 Å². The third-order valence-electron chi connectivity index (χ3n) is 3.05.